The molecule has 0 aliphatic rings. The average Bonchev–Trinajstić information content (AvgIpc) is 2.52. The standard InChI is InChI=1S/C6H9N3O3/c1-3-7-6-9-8-4(12-6)5(10)11-2/h3H2,1-2H3,(H,7,9). The van der Waals surface area contributed by atoms with E-state index in [4.69, 9.17) is 4.42 Å². The highest BCUT2D eigenvalue weighted by atomic mass is 16.5. The summed E-state index contributed by atoms with van der Waals surface area (Å²) in [6, 6.07) is 0.220. The van der Waals surface area contributed by atoms with E-state index >= 15 is 0 Å². The average molecular weight is 171 g/mol. The van der Waals surface area contributed by atoms with Gasteiger partial charge >= 0.3 is 17.9 Å². The molecule has 0 aliphatic heterocycles. The fraction of sp³-hybridized carbons (Fsp3) is 0.500. The molecule has 0 fully saturated rings. The molecule has 66 valence electrons. The Labute approximate surface area is 68.9 Å². The Bertz CT molecular complexity index is 271. The van der Waals surface area contributed by atoms with Gasteiger partial charge in [-0.1, -0.05) is 10.2 Å². The van der Waals surface area contributed by atoms with E-state index in [2.05, 4.69) is 20.3 Å². The van der Waals surface area contributed by atoms with E-state index in [9.17, 15) is 4.79 Å². The maximum Gasteiger partial charge on any atom is 0.396 e. The number of nitrogens with zero attached hydrogens (tertiary/aromatic N) is 2. The van der Waals surface area contributed by atoms with Crippen LogP contribution in [-0.4, -0.2) is 29.8 Å². The Kier molecular flexibility index (Phi) is 2.62. The molecule has 0 saturated carbocycles. The maximum absolute atomic E-state index is 10.8. The molecule has 0 spiro atoms. The second-order valence-electron chi connectivity index (χ2n) is 1.93. The summed E-state index contributed by atoms with van der Waals surface area (Å²) in [5.41, 5.74) is 0. The fourth-order valence-electron chi connectivity index (χ4n) is 0.616. The van der Waals surface area contributed by atoms with Gasteiger partial charge in [0.1, 0.15) is 0 Å². The van der Waals surface area contributed by atoms with Crippen LogP contribution in [0.4, 0.5) is 6.01 Å². The number of rotatable bonds is 3. The first-order valence-corrected chi connectivity index (χ1v) is 3.43. The van der Waals surface area contributed by atoms with Crippen molar-refractivity contribution in [3.05, 3.63) is 5.89 Å². The Morgan fingerprint density at radius 2 is 2.42 bits per heavy atom. The molecule has 0 unspecified atom stereocenters. The first-order chi connectivity index (χ1) is 5.77. The second kappa shape index (κ2) is 3.70. The van der Waals surface area contributed by atoms with E-state index in [0.29, 0.717) is 6.54 Å². The van der Waals surface area contributed by atoms with E-state index in [1.54, 1.807) is 0 Å². The number of hydrogen-bond donors (Lipinski definition) is 1. The molecule has 6 heteroatoms. The van der Waals surface area contributed by atoms with Crippen LogP contribution in [0.3, 0.4) is 0 Å². The van der Waals surface area contributed by atoms with Gasteiger partial charge in [-0.05, 0) is 6.92 Å². The number of anilines is 1. The topological polar surface area (TPSA) is 77.2 Å². The van der Waals surface area contributed by atoms with Crippen molar-refractivity contribution in [2.24, 2.45) is 0 Å². The Hall–Kier alpha value is -1.59. The van der Waals surface area contributed by atoms with Crippen molar-refractivity contribution < 1.29 is 13.9 Å². The van der Waals surface area contributed by atoms with Crippen LogP contribution in [0.25, 0.3) is 0 Å². The van der Waals surface area contributed by atoms with Crippen molar-refractivity contribution in [2.75, 3.05) is 19.0 Å². The molecule has 1 heterocycles. The van der Waals surface area contributed by atoms with Crippen LogP contribution in [0.2, 0.25) is 0 Å². The van der Waals surface area contributed by atoms with Crippen LogP contribution in [0.5, 0.6) is 0 Å². The van der Waals surface area contributed by atoms with Crippen molar-refractivity contribution in [2.45, 2.75) is 6.92 Å². The molecule has 12 heavy (non-hydrogen) atoms. The van der Waals surface area contributed by atoms with Crippen LogP contribution in [0.15, 0.2) is 4.42 Å². The second-order valence-corrected chi connectivity index (χ2v) is 1.93. The van der Waals surface area contributed by atoms with Gasteiger partial charge in [0.2, 0.25) is 0 Å². The first kappa shape index (κ1) is 8.51. The lowest BCUT2D eigenvalue weighted by atomic mass is 10.7. The summed E-state index contributed by atoms with van der Waals surface area (Å²) in [5, 5.41) is 9.76. The zero-order chi connectivity index (χ0) is 8.97. The summed E-state index contributed by atoms with van der Waals surface area (Å²) in [6.45, 7) is 2.53. The number of nitrogens with one attached hydrogen (secondary N) is 1. The van der Waals surface area contributed by atoms with Gasteiger partial charge in [-0.25, -0.2) is 4.79 Å². The predicted molar refractivity (Wildman–Crippen MR) is 39.8 cm³/mol. The number of methoxy groups -OCH3 is 1. The van der Waals surface area contributed by atoms with Gasteiger partial charge in [0, 0.05) is 6.54 Å². The minimum absolute atomic E-state index is 0.145. The molecule has 6 nitrogen and oxygen atoms in total. The van der Waals surface area contributed by atoms with Crippen LogP contribution in [0, 0.1) is 0 Å². The normalized spacial score (nSPS) is 9.50. The van der Waals surface area contributed by atoms with Gasteiger partial charge < -0.3 is 14.5 Å². The lowest BCUT2D eigenvalue weighted by Gasteiger charge is -1.92. The van der Waals surface area contributed by atoms with Crippen LogP contribution < -0.4 is 5.32 Å². The van der Waals surface area contributed by atoms with E-state index < -0.39 is 5.97 Å². The Morgan fingerprint density at radius 3 is 3.00 bits per heavy atom. The molecule has 0 bridgehead atoms. The first-order valence-electron chi connectivity index (χ1n) is 3.43. The van der Waals surface area contributed by atoms with E-state index in [0.717, 1.165) is 0 Å². The third kappa shape index (κ3) is 1.71. The van der Waals surface area contributed by atoms with Crippen LogP contribution in [-0.2, 0) is 4.74 Å². The zero-order valence-corrected chi connectivity index (χ0v) is 6.83. The summed E-state index contributed by atoms with van der Waals surface area (Å²) in [5.74, 6) is -0.778. The maximum atomic E-state index is 10.8. The smallest absolute Gasteiger partial charge is 0.396 e. The molecule has 1 aromatic rings. The van der Waals surface area contributed by atoms with Crippen molar-refractivity contribution in [1.82, 2.24) is 10.2 Å². The summed E-state index contributed by atoms with van der Waals surface area (Å²) < 4.78 is 9.23. The third-order valence-corrected chi connectivity index (χ3v) is 1.11. The number of carbonyl (C=O) groups is 1. The minimum Gasteiger partial charge on any atom is -0.462 e. The van der Waals surface area contributed by atoms with Gasteiger partial charge in [-0.3, -0.25) is 0 Å². The minimum atomic E-state index is -0.633. The number of esters is 1. The number of ether oxygens (including phenoxy) is 1. The predicted octanol–water partition coefficient (Wildman–Crippen LogP) is 0.288. The lowest BCUT2D eigenvalue weighted by Crippen LogP contribution is -2.00. The number of hydrogen-bond acceptors (Lipinski definition) is 6. The van der Waals surface area contributed by atoms with Crippen molar-refractivity contribution in [1.29, 1.82) is 0 Å². The van der Waals surface area contributed by atoms with Crippen molar-refractivity contribution >= 4 is 12.0 Å². The zero-order valence-electron chi connectivity index (χ0n) is 6.83. The summed E-state index contributed by atoms with van der Waals surface area (Å²) in [4.78, 5) is 10.8. The van der Waals surface area contributed by atoms with E-state index in [-0.39, 0.29) is 11.9 Å². The molecule has 1 aromatic heterocycles. The van der Waals surface area contributed by atoms with Gasteiger partial charge in [0.05, 0.1) is 7.11 Å². The van der Waals surface area contributed by atoms with Gasteiger partial charge in [0.15, 0.2) is 0 Å². The Morgan fingerprint density at radius 1 is 1.67 bits per heavy atom. The van der Waals surface area contributed by atoms with Crippen LogP contribution >= 0.6 is 0 Å². The molecule has 0 aromatic carbocycles. The van der Waals surface area contributed by atoms with Crippen molar-refractivity contribution in [3.63, 3.8) is 0 Å². The van der Waals surface area contributed by atoms with Gasteiger partial charge in [-0.15, -0.1) is 0 Å². The van der Waals surface area contributed by atoms with E-state index in [1.165, 1.54) is 7.11 Å². The highest BCUT2D eigenvalue weighted by Gasteiger charge is 2.13. The Balaban J connectivity index is 2.70. The quantitative estimate of drug-likeness (QED) is 0.658. The molecule has 0 radical (unpaired) electrons. The molecule has 1 N–H and O–H groups in total. The van der Waals surface area contributed by atoms with Crippen LogP contribution in [0.1, 0.15) is 17.6 Å². The molecule has 1 rings (SSSR count). The fourth-order valence-corrected chi connectivity index (χ4v) is 0.616. The highest BCUT2D eigenvalue weighted by molar-refractivity contribution is 5.83. The number of aromatic nitrogens is 2. The van der Waals surface area contributed by atoms with Gasteiger partial charge in [-0.2, -0.15) is 0 Å². The monoisotopic (exact) mass is 171 g/mol. The lowest BCUT2D eigenvalue weighted by molar-refractivity contribution is 0.0557. The van der Waals surface area contributed by atoms with Gasteiger partial charge in [0.25, 0.3) is 0 Å². The highest BCUT2D eigenvalue weighted by Crippen LogP contribution is 2.05. The number of carbonyl (C=O) groups excluding carboxylic acids is 1. The molecule has 0 atom stereocenters. The molecular formula is C6H9N3O3. The molecule has 0 amide bonds. The van der Waals surface area contributed by atoms with E-state index in [1.807, 2.05) is 6.92 Å². The molecule has 0 aliphatic carbocycles. The summed E-state index contributed by atoms with van der Waals surface area (Å²) in [7, 11) is 1.25. The molecule has 0 saturated heterocycles. The summed E-state index contributed by atoms with van der Waals surface area (Å²) in [6.07, 6.45) is 0. The largest absolute Gasteiger partial charge is 0.462 e. The summed E-state index contributed by atoms with van der Waals surface area (Å²) >= 11 is 0. The SMILES string of the molecule is CCNc1nnc(C(=O)OC)o1. The third-order valence-electron chi connectivity index (χ3n) is 1.11. The van der Waals surface area contributed by atoms with Crippen molar-refractivity contribution in [3.8, 4) is 0 Å². The molecular weight excluding hydrogens is 162 g/mol.